The Labute approximate surface area is 228 Å². The smallest absolute Gasteiger partial charge is 0.251 e. The van der Waals surface area contributed by atoms with Crippen LogP contribution >= 0.6 is 0 Å². The first-order valence-electron chi connectivity index (χ1n) is 13.0. The number of sulfone groups is 1. The highest BCUT2D eigenvalue weighted by molar-refractivity contribution is 7.90. The lowest BCUT2D eigenvalue weighted by Gasteiger charge is -2.36. The number of nitrogens with one attached hydrogen (secondary N) is 2. The summed E-state index contributed by atoms with van der Waals surface area (Å²) in [4.78, 5) is 29.5. The number of carbonyl (C=O) groups excluding carboxylic acids is 1. The highest BCUT2D eigenvalue weighted by Gasteiger charge is 2.22. The number of nitrogens with zero attached hydrogens (tertiary/aromatic N) is 4. The second-order valence-corrected chi connectivity index (χ2v) is 11.8. The molecule has 0 bridgehead atoms. The number of fused-ring (bicyclic) bond motifs is 1. The van der Waals surface area contributed by atoms with E-state index in [1.54, 1.807) is 25.3 Å². The number of piperazine rings is 1. The Morgan fingerprint density at radius 1 is 1.10 bits per heavy atom. The summed E-state index contributed by atoms with van der Waals surface area (Å²) in [7, 11) is -3.43. The van der Waals surface area contributed by atoms with Gasteiger partial charge in [-0.2, -0.15) is 0 Å². The Hall–Kier alpha value is -3.89. The third-order valence-corrected chi connectivity index (χ3v) is 8.26. The van der Waals surface area contributed by atoms with Crippen molar-refractivity contribution >= 4 is 32.5 Å². The predicted molar refractivity (Wildman–Crippen MR) is 153 cm³/mol. The Balaban J connectivity index is 1.35. The van der Waals surface area contributed by atoms with Gasteiger partial charge < -0.3 is 15.5 Å². The quantitative estimate of drug-likeness (QED) is 0.363. The van der Waals surface area contributed by atoms with Gasteiger partial charge in [-0.05, 0) is 61.4 Å². The van der Waals surface area contributed by atoms with Crippen molar-refractivity contribution in [1.82, 2.24) is 25.6 Å². The van der Waals surface area contributed by atoms with Crippen LogP contribution in [0.3, 0.4) is 0 Å². The Bertz CT molecular complexity index is 1640. The molecule has 1 aliphatic rings. The standard InChI is InChI=1S/C29H32N6O3S/c1-4-23-18-30-12-13-35(23)28-7-5-6-24(34-28)25-11-10-21-16-31-22(15-26(21)33-25)17-32-29(36)20-9-8-19(2)27(14-20)39(3,37)38/h5-11,14-16,23,30H,4,12-13,17-18H2,1-3H3,(H,32,36). The maximum absolute atomic E-state index is 12.8. The summed E-state index contributed by atoms with van der Waals surface area (Å²) in [5.74, 6) is 0.582. The van der Waals surface area contributed by atoms with E-state index >= 15 is 0 Å². The molecule has 9 nitrogen and oxygen atoms in total. The first kappa shape index (κ1) is 26.7. The van der Waals surface area contributed by atoms with Crippen LogP contribution in [-0.2, 0) is 16.4 Å². The average Bonchev–Trinajstić information content (AvgIpc) is 2.95. The summed E-state index contributed by atoms with van der Waals surface area (Å²) < 4.78 is 24.1. The molecule has 0 spiro atoms. The molecule has 1 unspecified atom stereocenters. The molecule has 1 amide bonds. The van der Waals surface area contributed by atoms with E-state index in [1.807, 2.05) is 30.3 Å². The van der Waals surface area contributed by atoms with Gasteiger partial charge in [0.1, 0.15) is 5.82 Å². The minimum atomic E-state index is -3.43. The molecule has 1 atom stereocenters. The number of benzene rings is 1. The molecule has 5 rings (SSSR count). The van der Waals surface area contributed by atoms with Gasteiger partial charge in [-0.25, -0.2) is 18.4 Å². The molecule has 1 saturated heterocycles. The van der Waals surface area contributed by atoms with Crippen molar-refractivity contribution in [3.8, 4) is 11.4 Å². The molecule has 2 N–H and O–H groups in total. The van der Waals surface area contributed by atoms with Crippen molar-refractivity contribution in [3.05, 3.63) is 77.6 Å². The fraction of sp³-hybridized carbons (Fsp3) is 0.310. The Morgan fingerprint density at radius 3 is 2.72 bits per heavy atom. The minimum Gasteiger partial charge on any atom is -0.351 e. The molecule has 202 valence electrons. The van der Waals surface area contributed by atoms with Gasteiger partial charge in [-0.1, -0.05) is 19.1 Å². The van der Waals surface area contributed by atoms with Gasteiger partial charge in [-0.15, -0.1) is 0 Å². The van der Waals surface area contributed by atoms with Crippen molar-refractivity contribution in [3.63, 3.8) is 0 Å². The minimum absolute atomic E-state index is 0.149. The predicted octanol–water partition coefficient (Wildman–Crippen LogP) is 3.52. The molecule has 4 aromatic rings. The lowest BCUT2D eigenvalue weighted by Crippen LogP contribution is -2.51. The third-order valence-electron chi connectivity index (χ3n) is 7.02. The number of hydrogen-bond acceptors (Lipinski definition) is 8. The molecular formula is C29H32N6O3S. The van der Waals surface area contributed by atoms with Gasteiger partial charge >= 0.3 is 0 Å². The normalized spacial score (nSPS) is 15.9. The van der Waals surface area contributed by atoms with Crippen LogP contribution in [0.15, 0.2) is 65.7 Å². The molecule has 1 fully saturated rings. The third kappa shape index (κ3) is 5.91. The van der Waals surface area contributed by atoms with E-state index in [9.17, 15) is 13.2 Å². The van der Waals surface area contributed by atoms with Gasteiger partial charge in [0, 0.05) is 49.1 Å². The van der Waals surface area contributed by atoms with Crippen molar-refractivity contribution < 1.29 is 13.2 Å². The topological polar surface area (TPSA) is 117 Å². The van der Waals surface area contributed by atoms with E-state index in [1.165, 1.54) is 6.07 Å². The molecule has 0 aliphatic carbocycles. The number of aromatic nitrogens is 3. The van der Waals surface area contributed by atoms with Crippen LogP contribution in [0.5, 0.6) is 0 Å². The number of rotatable bonds is 7. The van der Waals surface area contributed by atoms with E-state index < -0.39 is 9.84 Å². The summed E-state index contributed by atoms with van der Waals surface area (Å²) in [5.41, 5.74) is 3.84. The number of amides is 1. The largest absolute Gasteiger partial charge is 0.351 e. The van der Waals surface area contributed by atoms with Crippen LogP contribution < -0.4 is 15.5 Å². The Kier molecular flexibility index (Phi) is 7.58. The SMILES string of the molecule is CCC1CNCCN1c1cccc(-c2ccc3cnc(CNC(=O)c4ccc(C)c(S(C)(=O)=O)c4)cc3n2)n1. The van der Waals surface area contributed by atoms with Crippen LogP contribution in [0.1, 0.15) is 35.0 Å². The molecule has 4 heterocycles. The first-order valence-corrected chi connectivity index (χ1v) is 14.9. The van der Waals surface area contributed by atoms with E-state index in [4.69, 9.17) is 9.97 Å². The summed E-state index contributed by atoms with van der Waals surface area (Å²) >= 11 is 0. The van der Waals surface area contributed by atoms with Crippen molar-refractivity contribution in [1.29, 1.82) is 0 Å². The fourth-order valence-electron chi connectivity index (χ4n) is 4.86. The van der Waals surface area contributed by atoms with Crippen LogP contribution in [0.4, 0.5) is 5.82 Å². The molecule has 0 radical (unpaired) electrons. The molecule has 1 aliphatic heterocycles. The summed E-state index contributed by atoms with van der Waals surface area (Å²) in [6.07, 6.45) is 3.91. The van der Waals surface area contributed by atoms with Gasteiger partial charge in [-0.3, -0.25) is 9.78 Å². The maximum Gasteiger partial charge on any atom is 0.251 e. The zero-order chi connectivity index (χ0) is 27.6. The molecule has 39 heavy (non-hydrogen) atoms. The number of aryl methyl sites for hydroxylation is 1. The molecule has 3 aromatic heterocycles. The number of carbonyl (C=O) groups is 1. The van der Waals surface area contributed by atoms with Gasteiger partial charge in [0.05, 0.1) is 34.0 Å². The lowest BCUT2D eigenvalue weighted by atomic mass is 10.1. The highest BCUT2D eigenvalue weighted by Crippen LogP contribution is 2.24. The molecule has 1 aromatic carbocycles. The van der Waals surface area contributed by atoms with Crippen LogP contribution in [-0.4, -0.2) is 61.2 Å². The zero-order valence-electron chi connectivity index (χ0n) is 22.3. The molecule has 10 heteroatoms. The summed E-state index contributed by atoms with van der Waals surface area (Å²) in [6, 6.07) is 16.9. The van der Waals surface area contributed by atoms with E-state index in [0.29, 0.717) is 17.3 Å². The second-order valence-electron chi connectivity index (χ2n) is 9.84. The molecule has 0 saturated carbocycles. The second kappa shape index (κ2) is 11.1. The monoisotopic (exact) mass is 544 g/mol. The van der Waals surface area contributed by atoms with Crippen molar-refractivity contribution in [2.45, 2.75) is 37.8 Å². The number of hydrogen-bond donors (Lipinski definition) is 2. The van der Waals surface area contributed by atoms with Gasteiger partial charge in [0.25, 0.3) is 5.91 Å². The summed E-state index contributed by atoms with van der Waals surface area (Å²) in [5, 5.41) is 7.17. The van der Waals surface area contributed by atoms with Crippen LogP contribution in [0, 0.1) is 6.92 Å². The Morgan fingerprint density at radius 2 is 1.92 bits per heavy atom. The molecular weight excluding hydrogens is 512 g/mol. The van der Waals surface area contributed by atoms with Crippen molar-refractivity contribution in [2.24, 2.45) is 0 Å². The number of pyridine rings is 3. The van der Waals surface area contributed by atoms with Crippen LogP contribution in [0.25, 0.3) is 22.3 Å². The van der Waals surface area contributed by atoms with Crippen LogP contribution in [0.2, 0.25) is 0 Å². The lowest BCUT2D eigenvalue weighted by molar-refractivity contribution is 0.0950. The van der Waals surface area contributed by atoms with Crippen molar-refractivity contribution in [2.75, 3.05) is 30.8 Å². The zero-order valence-corrected chi connectivity index (χ0v) is 23.1. The highest BCUT2D eigenvalue weighted by atomic mass is 32.2. The van der Waals surface area contributed by atoms with E-state index in [-0.39, 0.29) is 22.9 Å². The number of anilines is 1. The van der Waals surface area contributed by atoms with Gasteiger partial charge in [0.2, 0.25) is 0 Å². The first-order chi connectivity index (χ1) is 18.7. The summed E-state index contributed by atoms with van der Waals surface area (Å²) in [6.45, 7) is 6.88. The average molecular weight is 545 g/mol. The van der Waals surface area contributed by atoms with E-state index in [0.717, 1.165) is 60.4 Å². The fourth-order valence-corrected chi connectivity index (χ4v) is 5.86. The van der Waals surface area contributed by atoms with Gasteiger partial charge in [0.15, 0.2) is 9.84 Å². The maximum atomic E-state index is 12.8. The van der Waals surface area contributed by atoms with E-state index in [2.05, 4.69) is 33.5 Å².